The van der Waals surface area contributed by atoms with Crippen molar-refractivity contribution in [2.24, 2.45) is 0 Å². The van der Waals surface area contributed by atoms with Gasteiger partial charge in [-0.2, -0.15) is 0 Å². The van der Waals surface area contributed by atoms with Gasteiger partial charge in [0.05, 0.1) is 24.0 Å². The van der Waals surface area contributed by atoms with Crippen molar-refractivity contribution >= 4 is 17.5 Å². The predicted molar refractivity (Wildman–Crippen MR) is 101 cm³/mol. The van der Waals surface area contributed by atoms with Crippen molar-refractivity contribution in [2.75, 3.05) is 25.6 Å². The fourth-order valence-corrected chi connectivity index (χ4v) is 2.30. The van der Waals surface area contributed by atoms with Crippen LogP contribution in [-0.2, 0) is 4.74 Å². The zero-order chi connectivity index (χ0) is 18.9. The summed E-state index contributed by atoms with van der Waals surface area (Å²) in [6, 6.07) is 13.7. The van der Waals surface area contributed by atoms with Gasteiger partial charge in [0.1, 0.15) is 5.75 Å². The Kier molecular flexibility index (Phi) is 7.17. The maximum atomic E-state index is 12.5. The van der Waals surface area contributed by atoms with E-state index >= 15 is 0 Å². The summed E-state index contributed by atoms with van der Waals surface area (Å²) in [5.41, 5.74) is 1.34. The average molecular weight is 356 g/mol. The van der Waals surface area contributed by atoms with Crippen molar-refractivity contribution < 1.29 is 19.1 Å². The minimum Gasteiger partial charge on any atom is -0.491 e. The summed E-state index contributed by atoms with van der Waals surface area (Å²) in [5, 5.41) is 5.53. The van der Waals surface area contributed by atoms with E-state index in [-0.39, 0.29) is 17.9 Å². The monoisotopic (exact) mass is 356 g/mol. The number of hydrogen-bond donors (Lipinski definition) is 2. The van der Waals surface area contributed by atoms with Crippen molar-refractivity contribution in [3.8, 4) is 5.75 Å². The highest BCUT2D eigenvalue weighted by Crippen LogP contribution is 2.18. The Balaban J connectivity index is 2.08. The van der Waals surface area contributed by atoms with Crippen LogP contribution in [0.5, 0.6) is 5.75 Å². The first-order chi connectivity index (χ1) is 12.5. The zero-order valence-corrected chi connectivity index (χ0v) is 15.2. The Labute approximate surface area is 153 Å². The minimum absolute atomic E-state index is 0.0678. The van der Waals surface area contributed by atoms with E-state index in [1.54, 1.807) is 55.6 Å². The Morgan fingerprint density at radius 1 is 1.00 bits per heavy atom. The first-order valence-electron chi connectivity index (χ1n) is 8.45. The molecule has 2 rings (SSSR count). The number of amides is 2. The molecule has 2 aromatic rings. The van der Waals surface area contributed by atoms with E-state index in [9.17, 15) is 9.59 Å². The summed E-state index contributed by atoms with van der Waals surface area (Å²) < 4.78 is 10.5. The summed E-state index contributed by atoms with van der Waals surface area (Å²) >= 11 is 0. The van der Waals surface area contributed by atoms with Crippen LogP contribution >= 0.6 is 0 Å². The molecule has 6 heteroatoms. The van der Waals surface area contributed by atoms with E-state index in [1.807, 2.05) is 13.8 Å². The van der Waals surface area contributed by atoms with Crippen molar-refractivity contribution in [3.05, 3.63) is 59.7 Å². The highest BCUT2D eigenvalue weighted by molar-refractivity contribution is 6.09. The number of carbonyl (C=O) groups excluding carboxylic acids is 2. The van der Waals surface area contributed by atoms with E-state index < -0.39 is 0 Å². The molecule has 0 aromatic heterocycles. The number of hydrogen-bond acceptors (Lipinski definition) is 4. The van der Waals surface area contributed by atoms with Crippen LogP contribution in [0.3, 0.4) is 0 Å². The van der Waals surface area contributed by atoms with Gasteiger partial charge < -0.3 is 20.1 Å². The fourth-order valence-electron chi connectivity index (χ4n) is 2.30. The molecular formula is C20H24N2O4. The van der Waals surface area contributed by atoms with Crippen LogP contribution in [0.4, 0.5) is 5.69 Å². The van der Waals surface area contributed by atoms with Gasteiger partial charge in [0.2, 0.25) is 0 Å². The molecule has 2 amide bonds. The molecule has 26 heavy (non-hydrogen) atoms. The zero-order valence-electron chi connectivity index (χ0n) is 15.2. The fraction of sp³-hybridized carbons (Fsp3) is 0.300. The van der Waals surface area contributed by atoms with Gasteiger partial charge in [-0.15, -0.1) is 0 Å². The van der Waals surface area contributed by atoms with Crippen LogP contribution in [-0.4, -0.2) is 38.2 Å². The maximum Gasteiger partial charge on any atom is 0.255 e. The first kappa shape index (κ1) is 19.5. The maximum absolute atomic E-state index is 12.5. The SMILES string of the molecule is COCCNC(=O)c1ccccc1NC(=O)c1ccc(OC(C)C)cc1. The number of nitrogens with one attached hydrogen (secondary N) is 2. The van der Waals surface area contributed by atoms with Crippen molar-refractivity contribution in [2.45, 2.75) is 20.0 Å². The van der Waals surface area contributed by atoms with Crippen molar-refractivity contribution in [1.29, 1.82) is 0 Å². The lowest BCUT2D eigenvalue weighted by Crippen LogP contribution is -2.28. The third-order valence-corrected chi connectivity index (χ3v) is 3.50. The van der Waals surface area contributed by atoms with Crippen LogP contribution in [0, 0.1) is 0 Å². The van der Waals surface area contributed by atoms with E-state index in [4.69, 9.17) is 9.47 Å². The Hall–Kier alpha value is -2.86. The van der Waals surface area contributed by atoms with Crippen molar-refractivity contribution in [3.63, 3.8) is 0 Å². The molecule has 0 aliphatic carbocycles. The molecule has 6 nitrogen and oxygen atoms in total. The summed E-state index contributed by atoms with van der Waals surface area (Å²) in [6.45, 7) is 4.70. The molecule has 0 atom stereocenters. The molecule has 0 saturated carbocycles. The van der Waals surface area contributed by atoms with Gasteiger partial charge in [-0.05, 0) is 50.2 Å². The molecule has 0 fully saturated rings. The van der Waals surface area contributed by atoms with Gasteiger partial charge in [0.25, 0.3) is 11.8 Å². The molecule has 0 heterocycles. The Morgan fingerprint density at radius 3 is 2.35 bits per heavy atom. The number of para-hydroxylation sites is 1. The smallest absolute Gasteiger partial charge is 0.255 e. The Bertz CT molecular complexity index is 742. The molecule has 138 valence electrons. The minimum atomic E-state index is -0.293. The molecule has 0 aliphatic rings. The van der Waals surface area contributed by atoms with E-state index in [0.29, 0.717) is 35.7 Å². The lowest BCUT2D eigenvalue weighted by molar-refractivity contribution is 0.0938. The van der Waals surface area contributed by atoms with E-state index in [2.05, 4.69) is 10.6 Å². The highest BCUT2D eigenvalue weighted by Gasteiger charge is 2.14. The number of carbonyl (C=O) groups is 2. The second-order valence-corrected chi connectivity index (χ2v) is 5.94. The van der Waals surface area contributed by atoms with Crippen LogP contribution < -0.4 is 15.4 Å². The van der Waals surface area contributed by atoms with Crippen LogP contribution in [0.15, 0.2) is 48.5 Å². The normalized spacial score (nSPS) is 10.5. The van der Waals surface area contributed by atoms with Gasteiger partial charge in [-0.3, -0.25) is 9.59 Å². The lowest BCUT2D eigenvalue weighted by Gasteiger charge is -2.12. The molecule has 2 N–H and O–H groups in total. The molecule has 0 aliphatic heterocycles. The summed E-state index contributed by atoms with van der Waals surface area (Å²) in [4.78, 5) is 24.8. The summed E-state index contributed by atoms with van der Waals surface area (Å²) in [7, 11) is 1.57. The van der Waals surface area contributed by atoms with E-state index in [0.717, 1.165) is 0 Å². The Morgan fingerprint density at radius 2 is 1.69 bits per heavy atom. The molecule has 0 unspecified atom stereocenters. The van der Waals surface area contributed by atoms with Gasteiger partial charge >= 0.3 is 0 Å². The van der Waals surface area contributed by atoms with Gasteiger partial charge in [-0.1, -0.05) is 12.1 Å². The summed E-state index contributed by atoms with van der Waals surface area (Å²) in [6.07, 6.45) is 0.0678. The lowest BCUT2D eigenvalue weighted by atomic mass is 10.1. The molecule has 0 bridgehead atoms. The van der Waals surface area contributed by atoms with Crippen LogP contribution in [0.2, 0.25) is 0 Å². The second kappa shape index (κ2) is 9.58. The third kappa shape index (κ3) is 5.60. The average Bonchev–Trinajstić information content (AvgIpc) is 2.62. The second-order valence-electron chi connectivity index (χ2n) is 5.94. The van der Waals surface area contributed by atoms with Gasteiger partial charge in [0, 0.05) is 19.2 Å². The third-order valence-electron chi connectivity index (χ3n) is 3.50. The highest BCUT2D eigenvalue weighted by atomic mass is 16.5. The number of methoxy groups -OCH3 is 1. The molecular weight excluding hydrogens is 332 g/mol. The molecule has 2 aromatic carbocycles. The molecule has 0 saturated heterocycles. The largest absolute Gasteiger partial charge is 0.491 e. The number of rotatable bonds is 8. The standard InChI is InChI=1S/C20H24N2O4/c1-14(2)26-16-10-8-15(9-11-16)19(23)22-18-7-5-4-6-17(18)20(24)21-12-13-25-3/h4-11,14H,12-13H2,1-3H3,(H,21,24)(H,22,23). The number of ether oxygens (including phenoxy) is 2. The first-order valence-corrected chi connectivity index (χ1v) is 8.45. The van der Waals surface area contributed by atoms with Gasteiger partial charge in [-0.25, -0.2) is 0 Å². The summed E-state index contributed by atoms with van der Waals surface area (Å²) in [5.74, 6) is 0.145. The quantitative estimate of drug-likeness (QED) is 0.713. The predicted octanol–water partition coefficient (Wildman–Crippen LogP) is 3.10. The van der Waals surface area contributed by atoms with Crippen LogP contribution in [0.25, 0.3) is 0 Å². The number of benzene rings is 2. The van der Waals surface area contributed by atoms with E-state index in [1.165, 1.54) is 0 Å². The molecule has 0 radical (unpaired) electrons. The topological polar surface area (TPSA) is 76.7 Å². The van der Waals surface area contributed by atoms with Gasteiger partial charge in [0.15, 0.2) is 0 Å². The molecule has 0 spiro atoms. The van der Waals surface area contributed by atoms with Crippen LogP contribution in [0.1, 0.15) is 34.6 Å². The van der Waals surface area contributed by atoms with Crippen molar-refractivity contribution in [1.82, 2.24) is 5.32 Å². The number of anilines is 1.